The Labute approximate surface area is 87.0 Å². The van der Waals surface area contributed by atoms with Crippen molar-refractivity contribution >= 4 is 0 Å². The van der Waals surface area contributed by atoms with E-state index in [1.54, 1.807) is 0 Å². The number of alkyl halides is 7. The molecule has 0 saturated carbocycles. The van der Waals surface area contributed by atoms with Crippen LogP contribution in [0.25, 0.3) is 0 Å². The zero-order valence-corrected chi connectivity index (χ0v) is 8.05. The molecule has 96 valence electrons. The van der Waals surface area contributed by atoms with E-state index in [0.29, 0.717) is 0 Å². The molecule has 1 aliphatic rings. The highest BCUT2D eigenvalue weighted by Crippen LogP contribution is 2.51. The van der Waals surface area contributed by atoms with Crippen molar-refractivity contribution in [2.45, 2.75) is 30.9 Å². The molecule has 1 N–H and O–H groups in total. The lowest BCUT2D eigenvalue weighted by atomic mass is 9.87. The smallest absolute Gasteiger partial charge is 0.317 e. The summed E-state index contributed by atoms with van der Waals surface area (Å²) in [6.07, 6.45) is -7.00. The Morgan fingerprint density at radius 2 is 1.25 bits per heavy atom. The zero-order chi connectivity index (χ0) is 12.6. The molecule has 1 rings (SSSR count). The normalized spacial score (nSPS) is 21.2. The van der Waals surface area contributed by atoms with Gasteiger partial charge in [-0.15, -0.1) is 0 Å². The maximum Gasteiger partial charge on any atom is 0.459 e. The summed E-state index contributed by atoms with van der Waals surface area (Å²) >= 11 is 0. The second-order valence-electron chi connectivity index (χ2n) is 3.72. The van der Waals surface area contributed by atoms with Crippen molar-refractivity contribution in [3.63, 3.8) is 0 Å². The minimum absolute atomic E-state index is 0.0220. The molecule has 0 aromatic carbocycles. The van der Waals surface area contributed by atoms with E-state index in [2.05, 4.69) is 5.32 Å². The maximum atomic E-state index is 13.1. The molecular formula is C8H10F7N. The van der Waals surface area contributed by atoms with Crippen LogP contribution in [0.1, 0.15) is 12.8 Å². The fourth-order valence-corrected chi connectivity index (χ4v) is 1.63. The van der Waals surface area contributed by atoms with Crippen LogP contribution in [0.2, 0.25) is 0 Å². The Kier molecular flexibility index (Phi) is 3.42. The quantitative estimate of drug-likeness (QED) is 0.746. The molecule has 0 aromatic rings. The standard InChI is InChI=1S/C8H10F7N/c9-6(10,5-1-3-16-4-2-5)7(11,12)8(13,14)15/h5,16H,1-4H2. The van der Waals surface area contributed by atoms with Crippen LogP contribution in [0.15, 0.2) is 0 Å². The monoisotopic (exact) mass is 253 g/mol. The van der Waals surface area contributed by atoms with E-state index in [1.165, 1.54) is 0 Å². The molecule has 0 atom stereocenters. The minimum Gasteiger partial charge on any atom is -0.317 e. The number of piperidine rings is 1. The van der Waals surface area contributed by atoms with Crippen molar-refractivity contribution < 1.29 is 30.7 Å². The summed E-state index contributed by atoms with van der Waals surface area (Å²) in [5.41, 5.74) is 0. The average molecular weight is 253 g/mol. The fraction of sp³-hybridized carbons (Fsp3) is 1.00. The van der Waals surface area contributed by atoms with Crippen LogP contribution < -0.4 is 5.32 Å². The highest BCUT2D eigenvalue weighted by atomic mass is 19.4. The van der Waals surface area contributed by atoms with Crippen LogP contribution in [0, 0.1) is 5.92 Å². The van der Waals surface area contributed by atoms with Crippen molar-refractivity contribution in [2.75, 3.05) is 13.1 Å². The van der Waals surface area contributed by atoms with Gasteiger partial charge in [-0.25, -0.2) is 0 Å². The molecule has 0 radical (unpaired) electrons. The summed E-state index contributed by atoms with van der Waals surface area (Å²) in [6, 6.07) is 0. The summed E-state index contributed by atoms with van der Waals surface area (Å²) in [6.45, 7) is 0.0440. The van der Waals surface area contributed by atoms with Gasteiger partial charge >= 0.3 is 18.0 Å². The molecule has 0 spiro atoms. The third-order valence-corrected chi connectivity index (χ3v) is 2.63. The molecule has 0 aromatic heterocycles. The van der Waals surface area contributed by atoms with Gasteiger partial charge in [0.2, 0.25) is 0 Å². The molecule has 0 aliphatic carbocycles. The largest absolute Gasteiger partial charge is 0.459 e. The summed E-state index contributed by atoms with van der Waals surface area (Å²) in [5.74, 6) is -13.0. The Hall–Kier alpha value is -0.530. The van der Waals surface area contributed by atoms with E-state index >= 15 is 0 Å². The second-order valence-corrected chi connectivity index (χ2v) is 3.72. The summed E-state index contributed by atoms with van der Waals surface area (Å²) < 4.78 is 86.9. The summed E-state index contributed by atoms with van der Waals surface area (Å²) in [7, 11) is 0. The molecule has 16 heavy (non-hydrogen) atoms. The van der Waals surface area contributed by atoms with E-state index in [0.717, 1.165) is 0 Å². The number of rotatable bonds is 2. The number of halogens is 7. The highest BCUT2D eigenvalue weighted by Gasteiger charge is 2.74. The molecule has 0 unspecified atom stereocenters. The molecular weight excluding hydrogens is 243 g/mol. The molecule has 1 fully saturated rings. The van der Waals surface area contributed by atoms with Gasteiger partial charge in [-0.2, -0.15) is 30.7 Å². The van der Waals surface area contributed by atoms with Gasteiger partial charge in [-0.3, -0.25) is 0 Å². The Morgan fingerprint density at radius 1 is 0.812 bits per heavy atom. The first-order chi connectivity index (χ1) is 7.11. The third-order valence-electron chi connectivity index (χ3n) is 2.63. The van der Waals surface area contributed by atoms with Crippen molar-refractivity contribution in [2.24, 2.45) is 5.92 Å². The first-order valence-electron chi connectivity index (χ1n) is 4.64. The average Bonchev–Trinajstić information content (AvgIpc) is 2.17. The summed E-state index contributed by atoms with van der Waals surface area (Å²) in [4.78, 5) is 0. The first-order valence-corrected chi connectivity index (χ1v) is 4.64. The predicted molar refractivity (Wildman–Crippen MR) is 41.5 cm³/mol. The van der Waals surface area contributed by atoms with E-state index in [1.807, 2.05) is 0 Å². The van der Waals surface area contributed by atoms with Gasteiger partial charge in [0, 0.05) is 5.92 Å². The SMILES string of the molecule is FC(F)(F)C(F)(F)C(F)(F)C1CCNCC1. The van der Waals surface area contributed by atoms with Crippen molar-refractivity contribution in [3.8, 4) is 0 Å². The van der Waals surface area contributed by atoms with Gasteiger partial charge in [0.1, 0.15) is 0 Å². The lowest BCUT2D eigenvalue weighted by Gasteiger charge is -2.36. The van der Waals surface area contributed by atoms with E-state index < -0.39 is 36.8 Å². The lowest BCUT2D eigenvalue weighted by molar-refractivity contribution is -0.367. The Bertz CT molecular complexity index is 241. The molecule has 1 heterocycles. The van der Waals surface area contributed by atoms with Crippen LogP contribution in [0.5, 0.6) is 0 Å². The first kappa shape index (κ1) is 13.5. The van der Waals surface area contributed by atoms with Crippen LogP contribution in [-0.2, 0) is 0 Å². The van der Waals surface area contributed by atoms with Crippen molar-refractivity contribution in [3.05, 3.63) is 0 Å². The van der Waals surface area contributed by atoms with E-state index in [-0.39, 0.29) is 13.1 Å². The van der Waals surface area contributed by atoms with Gasteiger partial charge in [-0.1, -0.05) is 0 Å². The molecule has 1 nitrogen and oxygen atoms in total. The fourth-order valence-electron chi connectivity index (χ4n) is 1.63. The number of hydrogen-bond acceptors (Lipinski definition) is 1. The minimum atomic E-state index is -6.22. The van der Waals surface area contributed by atoms with Gasteiger partial charge in [0.25, 0.3) is 0 Å². The van der Waals surface area contributed by atoms with E-state index in [4.69, 9.17) is 0 Å². The molecule has 0 amide bonds. The van der Waals surface area contributed by atoms with Crippen molar-refractivity contribution in [1.82, 2.24) is 5.32 Å². The Balaban J connectivity index is 2.90. The van der Waals surface area contributed by atoms with Gasteiger partial charge in [0.05, 0.1) is 0 Å². The zero-order valence-electron chi connectivity index (χ0n) is 8.05. The summed E-state index contributed by atoms with van der Waals surface area (Å²) in [5, 5.41) is 2.62. The van der Waals surface area contributed by atoms with E-state index in [9.17, 15) is 30.7 Å². The number of hydrogen-bond donors (Lipinski definition) is 1. The van der Waals surface area contributed by atoms with Crippen LogP contribution >= 0.6 is 0 Å². The number of nitrogens with one attached hydrogen (secondary N) is 1. The topological polar surface area (TPSA) is 12.0 Å². The predicted octanol–water partition coefficient (Wildman–Crippen LogP) is 2.82. The maximum absolute atomic E-state index is 13.1. The van der Waals surface area contributed by atoms with Crippen molar-refractivity contribution in [1.29, 1.82) is 0 Å². The molecule has 1 saturated heterocycles. The van der Waals surface area contributed by atoms with Crippen LogP contribution in [0.4, 0.5) is 30.7 Å². The lowest BCUT2D eigenvalue weighted by Crippen LogP contribution is -2.57. The van der Waals surface area contributed by atoms with Gasteiger partial charge in [0.15, 0.2) is 0 Å². The third kappa shape index (κ3) is 2.11. The van der Waals surface area contributed by atoms with Gasteiger partial charge < -0.3 is 5.32 Å². The molecule has 0 bridgehead atoms. The molecule has 8 heteroatoms. The van der Waals surface area contributed by atoms with Gasteiger partial charge in [-0.05, 0) is 25.9 Å². The van der Waals surface area contributed by atoms with Crippen LogP contribution in [0.3, 0.4) is 0 Å². The van der Waals surface area contributed by atoms with Crippen LogP contribution in [-0.4, -0.2) is 31.1 Å². The second kappa shape index (κ2) is 4.05. The molecule has 1 aliphatic heterocycles. The highest BCUT2D eigenvalue weighted by molar-refractivity contribution is 4.96. The Morgan fingerprint density at radius 3 is 1.62 bits per heavy atom.